The van der Waals surface area contributed by atoms with Crippen molar-refractivity contribution in [1.82, 2.24) is 5.32 Å². The van der Waals surface area contributed by atoms with Gasteiger partial charge in [-0.3, -0.25) is 24.5 Å². The van der Waals surface area contributed by atoms with Crippen molar-refractivity contribution in [2.24, 2.45) is 5.73 Å². The van der Waals surface area contributed by atoms with E-state index in [4.69, 9.17) is 5.73 Å². The van der Waals surface area contributed by atoms with E-state index in [0.29, 0.717) is 0 Å². The Labute approximate surface area is 125 Å². The molecule has 0 radical (unpaired) electrons. The zero-order chi connectivity index (χ0) is 16.7. The standard InChI is InChI=1S/C13H15N3O6/c1-8(17)22-7-12(18)15-10(13(14)19)6-9-4-2-3-5-11(9)16(20)21/h2-5,10H,6-7H2,1H3,(H2,14,19)(H,15,18)/t10-/m1/s1. The van der Waals surface area contributed by atoms with Gasteiger partial charge in [0.2, 0.25) is 5.91 Å². The lowest BCUT2D eigenvalue weighted by Gasteiger charge is -2.15. The first-order valence-corrected chi connectivity index (χ1v) is 6.25. The first-order valence-electron chi connectivity index (χ1n) is 6.25. The van der Waals surface area contributed by atoms with Crippen LogP contribution in [0.25, 0.3) is 0 Å². The smallest absolute Gasteiger partial charge is 0.303 e. The van der Waals surface area contributed by atoms with Crippen LogP contribution in [0.2, 0.25) is 0 Å². The number of amides is 2. The van der Waals surface area contributed by atoms with Crippen LogP contribution in [0.3, 0.4) is 0 Å². The summed E-state index contributed by atoms with van der Waals surface area (Å²) in [4.78, 5) is 43.9. The fraction of sp³-hybridized carbons (Fsp3) is 0.308. The van der Waals surface area contributed by atoms with Crippen molar-refractivity contribution in [1.29, 1.82) is 0 Å². The molecule has 0 aliphatic carbocycles. The lowest BCUT2D eigenvalue weighted by Crippen LogP contribution is -2.47. The molecule has 1 atom stereocenters. The third-order valence-electron chi connectivity index (χ3n) is 2.70. The second kappa shape index (κ2) is 7.72. The highest BCUT2D eigenvalue weighted by atomic mass is 16.6. The number of para-hydroxylation sites is 1. The molecule has 3 N–H and O–H groups in total. The third kappa shape index (κ3) is 5.19. The van der Waals surface area contributed by atoms with E-state index in [2.05, 4.69) is 10.1 Å². The molecule has 0 saturated carbocycles. The number of nitrogens with zero attached hydrogens (tertiary/aromatic N) is 1. The predicted molar refractivity (Wildman–Crippen MR) is 74.6 cm³/mol. The van der Waals surface area contributed by atoms with Gasteiger partial charge < -0.3 is 15.8 Å². The molecule has 1 aromatic carbocycles. The van der Waals surface area contributed by atoms with Crippen molar-refractivity contribution >= 4 is 23.5 Å². The maximum Gasteiger partial charge on any atom is 0.303 e. The Bertz CT molecular complexity index is 601. The largest absolute Gasteiger partial charge is 0.456 e. The average molecular weight is 309 g/mol. The molecule has 9 nitrogen and oxygen atoms in total. The number of rotatable bonds is 7. The van der Waals surface area contributed by atoms with Crippen LogP contribution >= 0.6 is 0 Å². The summed E-state index contributed by atoms with van der Waals surface area (Å²) in [5.41, 5.74) is 5.26. The van der Waals surface area contributed by atoms with Crippen LogP contribution in [0.1, 0.15) is 12.5 Å². The number of nitro groups is 1. The van der Waals surface area contributed by atoms with Crippen molar-refractivity contribution in [2.45, 2.75) is 19.4 Å². The number of benzene rings is 1. The summed E-state index contributed by atoms with van der Waals surface area (Å²) in [6, 6.07) is 4.66. The van der Waals surface area contributed by atoms with E-state index in [0.717, 1.165) is 6.92 Å². The highest BCUT2D eigenvalue weighted by molar-refractivity contribution is 5.88. The van der Waals surface area contributed by atoms with Gasteiger partial charge in [0.25, 0.3) is 11.6 Å². The molecule has 0 unspecified atom stereocenters. The number of ether oxygens (including phenoxy) is 1. The van der Waals surface area contributed by atoms with Crippen LogP contribution in [-0.2, 0) is 25.5 Å². The number of carbonyl (C=O) groups is 3. The molecule has 118 valence electrons. The van der Waals surface area contributed by atoms with Gasteiger partial charge >= 0.3 is 5.97 Å². The van der Waals surface area contributed by atoms with E-state index >= 15 is 0 Å². The fourth-order valence-electron chi connectivity index (χ4n) is 1.71. The number of carbonyl (C=O) groups excluding carboxylic acids is 3. The zero-order valence-corrected chi connectivity index (χ0v) is 11.8. The normalized spacial score (nSPS) is 11.3. The quantitative estimate of drug-likeness (QED) is 0.401. The van der Waals surface area contributed by atoms with Crippen molar-refractivity contribution in [3.63, 3.8) is 0 Å². The van der Waals surface area contributed by atoms with Crippen LogP contribution in [0.5, 0.6) is 0 Å². The Morgan fingerprint density at radius 2 is 2.00 bits per heavy atom. The van der Waals surface area contributed by atoms with Crippen LogP contribution in [0.4, 0.5) is 5.69 Å². The molecule has 2 amide bonds. The Morgan fingerprint density at radius 3 is 2.55 bits per heavy atom. The molecular weight excluding hydrogens is 294 g/mol. The molecule has 9 heteroatoms. The second-order valence-electron chi connectivity index (χ2n) is 4.39. The lowest BCUT2D eigenvalue weighted by atomic mass is 10.0. The summed E-state index contributed by atoms with van der Waals surface area (Å²) in [7, 11) is 0. The van der Waals surface area contributed by atoms with Gasteiger partial charge in [-0.25, -0.2) is 0 Å². The van der Waals surface area contributed by atoms with Gasteiger partial charge in [0.1, 0.15) is 6.04 Å². The topological polar surface area (TPSA) is 142 Å². The minimum Gasteiger partial charge on any atom is -0.456 e. The summed E-state index contributed by atoms with van der Waals surface area (Å²) in [5, 5.41) is 13.2. The summed E-state index contributed by atoms with van der Waals surface area (Å²) in [6.45, 7) is 0.572. The second-order valence-corrected chi connectivity index (χ2v) is 4.39. The molecule has 0 aromatic heterocycles. The maximum absolute atomic E-state index is 11.5. The third-order valence-corrected chi connectivity index (χ3v) is 2.70. The molecule has 0 aliphatic rings. The van der Waals surface area contributed by atoms with Gasteiger partial charge in [0.15, 0.2) is 6.61 Å². The van der Waals surface area contributed by atoms with Gasteiger partial charge in [-0.15, -0.1) is 0 Å². The van der Waals surface area contributed by atoms with E-state index < -0.39 is 35.4 Å². The molecule has 1 rings (SSSR count). The monoisotopic (exact) mass is 309 g/mol. The number of nitro benzene ring substituents is 1. The van der Waals surface area contributed by atoms with Gasteiger partial charge in [0.05, 0.1) is 4.92 Å². The minimum atomic E-state index is -1.15. The zero-order valence-electron chi connectivity index (χ0n) is 11.8. The number of esters is 1. The van der Waals surface area contributed by atoms with E-state index in [1.807, 2.05) is 0 Å². The molecule has 0 fully saturated rings. The molecule has 0 spiro atoms. The molecule has 1 aromatic rings. The Hall–Kier alpha value is -2.97. The van der Waals surface area contributed by atoms with Crippen molar-refractivity contribution < 1.29 is 24.0 Å². The molecular formula is C13H15N3O6. The highest BCUT2D eigenvalue weighted by Gasteiger charge is 2.23. The van der Waals surface area contributed by atoms with Gasteiger partial charge in [-0.2, -0.15) is 0 Å². The van der Waals surface area contributed by atoms with E-state index in [-0.39, 0.29) is 17.7 Å². The van der Waals surface area contributed by atoms with E-state index in [1.165, 1.54) is 18.2 Å². The number of hydrogen-bond donors (Lipinski definition) is 2. The van der Waals surface area contributed by atoms with E-state index in [9.17, 15) is 24.5 Å². The first kappa shape index (κ1) is 17.1. The SMILES string of the molecule is CC(=O)OCC(=O)N[C@H](Cc1ccccc1[N+](=O)[O-])C(N)=O. The minimum absolute atomic E-state index is 0.141. The van der Waals surface area contributed by atoms with E-state index in [1.54, 1.807) is 6.07 Å². The summed E-state index contributed by atoms with van der Waals surface area (Å²) in [6.07, 6.45) is -0.141. The van der Waals surface area contributed by atoms with Crippen LogP contribution in [-0.4, -0.2) is 35.4 Å². The van der Waals surface area contributed by atoms with Crippen LogP contribution < -0.4 is 11.1 Å². The van der Waals surface area contributed by atoms with Gasteiger partial charge in [-0.1, -0.05) is 18.2 Å². The summed E-state index contributed by atoms with van der Waals surface area (Å²) in [5.74, 6) is -2.23. The van der Waals surface area contributed by atoms with Crippen LogP contribution in [0.15, 0.2) is 24.3 Å². The highest BCUT2D eigenvalue weighted by Crippen LogP contribution is 2.19. The Balaban J connectivity index is 2.81. The molecule has 0 aliphatic heterocycles. The van der Waals surface area contributed by atoms with Gasteiger partial charge in [-0.05, 0) is 0 Å². The van der Waals surface area contributed by atoms with Gasteiger partial charge in [0, 0.05) is 25.0 Å². The first-order chi connectivity index (χ1) is 10.3. The summed E-state index contributed by atoms with van der Waals surface area (Å²) < 4.78 is 4.49. The predicted octanol–water partition coefficient (Wildman–Crippen LogP) is -0.330. The maximum atomic E-state index is 11.5. The average Bonchev–Trinajstić information content (AvgIpc) is 2.44. The number of nitrogens with one attached hydrogen (secondary N) is 1. The number of nitrogens with two attached hydrogens (primary N) is 1. The number of primary amides is 1. The van der Waals surface area contributed by atoms with Crippen LogP contribution in [0, 0.1) is 10.1 Å². The van der Waals surface area contributed by atoms with Crippen molar-refractivity contribution in [3.05, 3.63) is 39.9 Å². The Kier molecular flexibility index (Phi) is 5.99. The molecule has 0 saturated heterocycles. The lowest BCUT2D eigenvalue weighted by molar-refractivity contribution is -0.385. The van der Waals surface area contributed by atoms with Crippen molar-refractivity contribution in [3.8, 4) is 0 Å². The molecule has 0 heterocycles. The van der Waals surface area contributed by atoms with Crippen molar-refractivity contribution in [2.75, 3.05) is 6.61 Å². The molecule has 22 heavy (non-hydrogen) atoms. The number of hydrogen-bond acceptors (Lipinski definition) is 6. The fourth-order valence-corrected chi connectivity index (χ4v) is 1.71. The Morgan fingerprint density at radius 1 is 1.36 bits per heavy atom. The summed E-state index contributed by atoms with van der Waals surface area (Å²) >= 11 is 0. The molecule has 0 bridgehead atoms.